The summed E-state index contributed by atoms with van der Waals surface area (Å²) in [4.78, 5) is 13.8. The molecule has 0 amide bonds. The first kappa shape index (κ1) is 19.5. The topological polar surface area (TPSA) is 82.6 Å². The Bertz CT molecular complexity index is 951. The number of morpholine rings is 1. The van der Waals surface area contributed by atoms with Crippen LogP contribution in [0.25, 0.3) is 0 Å². The van der Waals surface area contributed by atoms with E-state index in [-0.39, 0.29) is 5.76 Å². The molecule has 0 aliphatic carbocycles. The van der Waals surface area contributed by atoms with Gasteiger partial charge in [-0.1, -0.05) is 42.1 Å². The molecule has 0 spiro atoms. The van der Waals surface area contributed by atoms with E-state index in [4.69, 9.17) is 9.15 Å². The molecule has 1 aliphatic rings. The molecule has 0 atom stereocenters. The second kappa shape index (κ2) is 9.15. The number of anilines is 1. The highest BCUT2D eigenvalue weighted by molar-refractivity contribution is 7.98. The minimum Gasteiger partial charge on any atom is -0.463 e. The van der Waals surface area contributed by atoms with Crippen molar-refractivity contribution in [3.63, 3.8) is 0 Å². The molecule has 2 aromatic heterocycles. The van der Waals surface area contributed by atoms with Crippen molar-refractivity contribution >= 4 is 23.7 Å². The third-order valence-corrected chi connectivity index (χ3v) is 5.56. The zero-order chi connectivity index (χ0) is 20.1. The first-order valence-electron chi connectivity index (χ1n) is 9.34. The van der Waals surface area contributed by atoms with Crippen LogP contribution in [0, 0.1) is 0 Å². The summed E-state index contributed by atoms with van der Waals surface area (Å²) in [5.74, 6) is 1.77. The Morgan fingerprint density at radius 3 is 2.69 bits per heavy atom. The van der Waals surface area contributed by atoms with Gasteiger partial charge in [-0.15, -0.1) is 10.2 Å². The average molecular weight is 414 g/mol. The second-order valence-corrected chi connectivity index (χ2v) is 7.44. The molecule has 9 heteroatoms. The molecule has 1 saturated heterocycles. The van der Waals surface area contributed by atoms with Gasteiger partial charge in [0.1, 0.15) is 5.76 Å². The van der Waals surface area contributed by atoms with E-state index < -0.39 is 5.97 Å². The van der Waals surface area contributed by atoms with Crippen LogP contribution in [0.15, 0.2) is 52.0 Å². The summed E-state index contributed by atoms with van der Waals surface area (Å²) in [5.41, 5.74) is 1.18. The smallest absolute Gasteiger partial charge is 0.373 e. The van der Waals surface area contributed by atoms with Gasteiger partial charge in [0.2, 0.25) is 11.7 Å². The fourth-order valence-electron chi connectivity index (χ4n) is 3.09. The fourth-order valence-corrected chi connectivity index (χ4v) is 3.92. The molecule has 29 heavy (non-hydrogen) atoms. The van der Waals surface area contributed by atoms with E-state index in [9.17, 15) is 4.79 Å². The summed E-state index contributed by atoms with van der Waals surface area (Å²) in [6, 6.07) is 13.6. The minimum absolute atomic E-state index is 0.197. The SMILES string of the molecule is COC(=O)c1ccc(CSc2nnc(N3CCOCC3)n2Cc2ccccc2)o1. The van der Waals surface area contributed by atoms with E-state index >= 15 is 0 Å². The highest BCUT2D eigenvalue weighted by atomic mass is 32.2. The molecule has 152 valence electrons. The molecular formula is C20H22N4O4S. The Balaban J connectivity index is 1.54. The number of carbonyl (C=O) groups is 1. The number of esters is 1. The van der Waals surface area contributed by atoms with E-state index in [2.05, 4.69) is 36.5 Å². The number of hydrogen-bond donors (Lipinski definition) is 0. The van der Waals surface area contributed by atoms with Crippen molar-refractivity contribution in [3.05, 3.63) is 59.5 Å². The summed E-state index contributed by atoms with van der Waals surface area (Å²) < 4.78 is 17.8. The van der Waals surface area contributed by atoms with Gasteiger partial charge < -0.3 is 18.8 Å². The average Bonchev–Trinajstić information content (AvgIpc) is 3.40. The van der Waals surface area contributed by atoms with E-state index in [0.717, 1.165) is 24.2 Å². The van der Waals surface area contributed by atoms with Crippen LogP contribution >= 0.6 is 11.8 Å². The molecule has 0 unspecified atom stereocenters. The van der Waals surface area contributed by atoms with Gasteiger partial charge in [-0.3, -0.25) is 4.57 Å². The molecule has 3 aromatic rings. The molecule has 0 saturated carbocycles. The van der Waals surface area contributed by atoms with Crippen molar-refractivity contribution in [3.8, 4) is 0 Å². The van der Waals surface area contributed by atoms with Gasteiger partial charge in [0, 0.05) is 13.1 Å². The van der Waals surface area contributed by atoms with Crippen LogP contribution in [0.4, 0.5) is 5.95 Å². The summed E-state index contributed by atoms with van der Waals surface area (Å²) in [7, 11) is 1.33. The van der Waals surface area contributed by atoms with Gasteiger partial charge in [-0.2, -0.15) is 0 Å². The van der Waals surface area contributed by atoms with Crippen molar-refractivity contribution in [1.82, 2.24) is 14.8 Å². The number of ether oxygens (including phenoxy) is 2. The van der Waals surface area contributed by atoms with Crippen molar-refractivity contribution in [1.29, 1.82) is 0 Å². The number of carbonyl (C=O) groups excluding carboxylic acids is 1. The monoisotopic (exact) mass is 414 g/mol. The number of benzene rings is 1. The molecule has 3 heterocycles. The van der Waals surface area contributed by atoms with Crippen molar-refractivity contribution < 1.29 is 18.7 Å². The maximum atomic E-state index is 11.6. The van der Waals surface area contributed by atoms with E-state index in [1.807, 2.05) is 18.2 Å². The first-order chi connectivity index (χ1) is 14.2. The maximum Gasteiger partial charge on any atom is 0.373 e. The molecule has 0 radical (unpaired) electrons. The highest BCUT2D eigenvalue weighted by Gasteiger charge is 2.21. The van der Waals surface area contributed by atoms with Gasteiger partial charge in [0.25, 0.3) is 0 Å². The van der Waals surface area contributed by atoms with Crippen LogP contribution < -0.4 is 4.90 Å². The zero-order valence-electron chi connectivity index (χ0n) is 16.1. The minimum atomic E-state index is -0.483. The van der Waals surface area contributed by atoms with E-state index in [0.29, 0.717) is 31.3 Å². The third-order valence-electron chi connectivity index (χ3n) is 4.57. The van der Waals surface area contributed by atoms with Crippen molar-refractivity contribution in [2.24, 2.45) is 0 Å². The predicted molar refractivity (Wildman–Crippen MR) is 108 cm³/mol. The van der Waals surface area contributed by atoms with Crippen LogP contribution in [0.3, 0.4) is 0 Å². The number of thioether (sulfide) groups is 1. The number of nitrogens with zero attached hydrogens (tertiary/aromatic N) is 4. The maximum absolute atomic E-state index is 11.6. The largest absolute Gasteiger partial charge is 0.463 e. The summed E-state index contributed by atoms with van der Waals surface area (Å²) in [6.07, 6.45) is 0. The van der Waals surface area contributed by atoms with E-state index in [1.54, 1.807) is 12.1 Å². The van der Waals surface area contributed by atoms with Gasteiger partial charge in [0.15, 0.2) is 5.16 Å². The summed E-state index contributed by atoms with van der Waals surface area (Å²) in [6.45, 7) is 3.62. The van der Waals surface area contributed by atoms with Crippen LogP contribution in [-0.2, 0) is 21.8 Å². The Kier molecular flexibility index (Phi) is 6.16. The second-order valence-electron chi connectivity index (χ2n) is 6.50. The molecule has 8 nitrogen and oxygen atoms in total. The number of rotatable bonds is 7. The Hall–Kier alpha value is -2.78. The van der Waals surface area contributed by atoms with Gasteiger partial charge in [0.05, 0.1) is 32.6 Å². The molecule has 1 fully saturated rings. The lowest BCUT2D eigenvalue weighted by Crippen LogP contribution is -2.38. The zero-order valence-corrected chi connectivity index (χ0v) is 16.9. The number of furan rings is 1. The fraction of sp³-hybridized carbons (Fsp3) is 0.350. The Morgan fingerprint density at radius 2 is 1.93 bits per heavy atom. The number of hydrogen-bond acceptors (Lipinski definition) is 8. The summed E-state index contributed by atoms with van der Waals surface area (Å²) in [5, 5.41) is 9.67. The Labute approximate surface area is 172 Å². The van der Waals surface area contributed by atoms with Crippen LogP contribution in [0.5, 0.6) is 0 Å². The first-order valence-corrected chi connectivity index (χ1v) is 10.3. The van der Waals surface area contributed by atoms with Crippen molar-refractivity contribution in [2.75, 3.05) is 38.3 Å². The summed E-state index contributed by atoms with van der Waals surface area (Å²) >= 11 is 1.52. The van der Waals surface area contributed by atoms with Crippen LogP contribution in [0.2, 0.25) is 0 Å². The molecular weight excluding hydrogens is 392 g/mol. The standard InChI is InChI=1S/C20H22N4O4S/c1-26-18(25)17-8-7-16(28-17)14-29-20-22-21-19(23-9-11-27-12-10-23)24(20)13-15-5-3-2-4-6-15/h2-8H,9-14H2,1H3. The predicted octanol–water partition coefficient (Wildman–Crippen LogP) is 2.83. The highest BCUT2D eigenvalue weighted by Crippen LogP contribution is 2.27. The lowest BCUT2D eigenvalue weighted by Gasteiger charge is -2.28. The molecule has 4 rings (SSSR count). The van der Waals surface area contributed by atoms with Gasteiger partial charge in [-0.05, 0) is 17.7 Å². The van der Waals surface area contributed by atoms with Gasteiger partial charge in [-0.25, -0.2) is 4.79 Å². The third kappa shape index (κ3) is 4.63. The normalized spacial score (nSPS) is 14.2. The van der Waals surface area contributed by atoms with Crippen LogP contribution in [-0.4, -0.2) is 54.1 Å². The van der Waals surface area contributed by atoms with Gasteiger partial charge >= 0.3 is 5.97 Å². The number of methoxy groups -OCH3 is 1. The molecule has 0 N–H and O–H groups in total. The van der Waals surface area contributed by atoms with Crippen LogP contribution in [0.1, 0.15) is 21.9 Å². The molecule has 1 aromatic carbocycles. The molecule has 0 bridgehead atoms. The quantitative estimate of drug-likeness (QED) is 0.431. The van der Waals surface area contributed by atoms with E-state index in [1.165, 1.54) is 24.4 Å². The lowest BCUT2D eigenvalue weighted by atomic mass is 10.2. The molecule has 1 aliphatic heterocycles. The Morgan fingerprint density at radius 1 is 1.14 bits per heavy atom. The van der Waals surface area contributed by atoms with Crippen molar-refractivity contribution in [2.45, 2.75) is 17.5 Å². The number of aromatic nitrogens is 3. The lowest BCUT2D eigenvalue weighted by molar-refractivity contribution is 0.0563.